The molecule has 0 aromatic heterocycles. The summed E-state index contributed by atoms with van der Waals surface area (Å²) in [6.07, 6.45) is 0.518. The molecule has 1 aromatic carbocycles. The normalized spacial score (nSPS) is 11.3. The molecule has 1 aromatic rings. The van der Waals surface area contributed by atoms with E-state index in [-0.39, 0.29) is 5.60 Å². The topological polar surface area (TPSA) is 44.8 Å². The second-order valence-corrected chi connectivity index (χ2v) is 4.62. The fraction of sp³-hybridized carbons (Fsp3) is 0.429. The van der Waals surface area contributed by atoms with Gasteiger partial charge in [-0.15, -0.1) is 0 Å². The van der Waals surface area contributed by atoms with Crippen molar-refractivity contribution >= 4 is 5.97 Å². The average molecular weight is 251 g/mol. The van der Waals surface area contributed by atoms with Crippen LogP contribution in [0.2, 0.25) is 0 Å². The number of ether oxygens (including phenoxy) is 1. The van der Waals surface area contributed by atoms with Crippen LogP contribution in [-0.4, -0.2) is 18.7 Å². The number of hydrogen-bond acceptors (Lipinski definition) is 4. The molecule has 0 saturated carbocycles. The van der Waals surface area contributed by atoms with Crippen molar-refractivity contribution in [2.45, 2.75) is 32.8 Å². The minimum atomic E-state index is -0.500. The van der Waals surface area contributed by atoms with E-state index < -0.39 is 5.97 Å². The van der Waals surface area contributed by atoms with E-state index >= 15 is 0 Å². The highest BCUT2D eigenvalue weighted by molar-refractivity contribution is 5.90. The third-order valence-electron chi connectivity index (χ3n) is 2.68. The molecule has 0 bridgehead atoms. The zero-order valence-electron chi connectivity index (χ0n) is 11.2. The lowest BCUT2D eigenvalue weighted by atomic mass is 10.1. The quantitative estimate of drug-likeness (QED) is 0.443. The van der Waals surface area contributed by atoms with Crippen LogP contribution in [-0.2, 0) is 14.5 Å². The van der Waals surface area contributed by atoms with Crippen LogP contribution in [0, 0.1) is 13.5 Å². The summed E-state index contributed by atoms with van der Waals surface area (Å²) in [7, 11) is 1.62. The summed E-state index contributed by atoms with van der Waals surface area (Å²) in [4.78, 5) is 21.1. The van der Waals surface area contributed by atoms with Gasteiger partial charge in [-0.1, -0.05) is 18.2 Å². The smallest absolute Gasteiger partial charge is 0.373 e. The van der Waals surface area contributed by atoms with Gasteiger partial charge in [-0.3, -0.25) is 4.89 Å². The van der Waals surface area contributed by atoms with Crippen molar-refractivity contribution in [3.8, 4) is 0 Å². The molecule has 1 rings (SSSR count). The van der Waals surface area contributed by atoms with Crippen LogP contribution in [0.5, 0.6) is 0 Å². The van der Waals surface area contributed by atoms with Crippen molar-refractivity contribution in [2.75, 3.05) is 7.11 Å². The van der Waals surface area contributed by atoms with Gasteiger partial charge in [0.15, 0.2) is 0 Å². The first-order valence-electron chi connectivity index (χ1n) is 5.76. The Bertz CT molecular complexity index is 399. The summed E-state index contributed by atoms with van der Waals surface area (Å²) >= 11 is 0. The van der Waals surface area contributed by atoms with E-state index in [1.807, 2.05) is 32.9 Å². The maximum absolute atomic E-state index is 11.7. The van der Waals surface area contributed by atoms with Crippen LogP contribution in [0.4, 0.5) is 0 Å². The number of carbonyl (C=O) groups is 1. The standard InChI is InChI=1S/C14H19O4/c1-11-7-5-6-8-12(11)13(15)18-17-10-9-14(2,3)16-4/h5-8,10H,9H2,1-4H3. The molecular formula is C14H19O4. The minimum Gasteiger partial charge on any atom is -0.379 e. The van der Waals surface area contributed by atoms with Gasteiger partial charge >= 0.3 is 5.97 Å². The Morgan fingerprint density at radius 3 is 2.61 bits per heavy atom. The number of aryl methyl sites for hydroxylation is 1. The molecule has 4 heteroatoms. The van der Waals surface area contributed by atoms with Crippen molar-refractivity contribution in [1.29, 1.82) is 0 Å². The van der Waals surface area contributed by atoms with Crippen molar-refractivity contribution in [1.82, 2.24) is 0 Å². The molecule has 0 saturated heterocycles. The van der Waals surface area contributed by atoms with Gasteiger partial charge in [-0.25, -0.2) is 4.79 Å². The minimum absolute atomic E-state index is 0.338. The van der Waals surface area contributed by atoms with Crippen molar-refractivity contribution in [2.24, 2.45) is 0 Å². The van der Waals surface area contributed by atoms with Gasteiger partial charge in [0.25, 0.3) is 0 Å². The summed E-state index contributed by atoms with van der Waals surface area (Å²) in [6.45, 7) is 7.08. The maximum Gasteiger partial charge on any atom is 0.373 e. The molecule has 0 aliphatic carbocycles. The van der Waals surface area contributed by atoms with E-state index in [1.54, 1.807) is 19.2 Å². The van der Waals surface area contributed by atoms with E-state index in [9.17, 15) is 4.79 Å². The van der Waals surface area contributed by atoms with E-state index in [1.165, 1.54) is 6.61 Å². The Balaban J connectivity index is 2.37. The predicted octanol–water partition coefficient (Wildman–Crippen LogP) is 3.06. The van der Waals surface area contributed by atoms with E-state index in [4.69, 9.17) is 14.5 Å². The molecule has 0 N–H and O–H groups in total. The summed E-state index contributed by atoms with van der Waals surface area (Å²) in [5, 5.41) is 0. The Morgan fingerprint density at radius 2 is 2.00 bits per heavy atom. The number of rotatable bonds is 6. The Kier molecular flexibility index (Phi) is 5.31. The summed E-state index contributed by atoms with van der Waals surface area (Å²) in [5.41, 5.74) is 1.01. The first-order chi connectivity index (χ1) is 8.46. The van der Waals surface area contributed by atoms with Crippen LogP contribution >= 0.6 is 0 Å². The second kappa shape index (κ2) is 6.52. The van der Waals surface area contributed by atoms with Gasteiger partial charge in [-0.05, 0) is 32.4 Å². The van der Waals surface area contributed by atoms with Gasteiger partial charge in [0.2, 0.25) is 0 Å². The van der Waals surface area contributed by atoms with Crippen LogP contribution in [0.15, 0.2) is 24.3 Å². The van der Waals surface area contributed by atoms with Gasteiger partial charge in [0.05, 0.1) is 11.2 Å². The van der Waals surface area contributed by atoms with Crippen LogP contribution in [0.25, 0.3) is 0 Å². The molecule has 0 amide bonds. The highest BCUT2D eigenvalue weighted by Gasteiger charge is 2.17. The molecule has 4 nitrogen and oxygen atoms in total. The zero-order chi connectivity index (χ0) is 13.6. The molecule has 1 radical (unpaired) electrons. The Hall–Kier alpha value is -1.39. The van der Waals surface area contributed by atoms with Crippen molar-refractivity contribution < 1.29 is 19.3 Å². The van der Waals surface area contributed by atoms with Crippen LogP contribution < -0.4 is 0 Å². The Morgan fingerprint density at radius 1 is 1.33 bits per heavy atom. The van der Waals surface area contributed by atoms with Crippen LogP contribution in [0.1, 0.15) is 36.2 Å². The van der Waals surface area contributed by atoms with Crippen molar-refractivity contribution in [3.05, 3.63) is 42.0 Å². The summed E-state index contributed by atoms with van der Waals surface area (Å²) in [5.74, 6) is -0.500. The predicted molar refractivity (Wildman–Crippen MR) is 67.7 cm³/mol. The fourth-order valence-corrected chi connectivity index (χ4v) is 1.24. The molecule has 0 spiro atoms. The lowest BCUT2D eigenvalue weighted by molar-refractivity contribution is -0.218. The molecule has 0 atom stereocenters. The number of benzene rings is 1. The Labute approximate surface area is 108 Å². The molecule has 18 heavy (non-hydrogen) atoms. The molecule has 0 heterocycles. The monoisotopic (exact) mass is 251 g/mol. The lowest BCUT2D eigenvalue weighted by Gasteiger charge is -2.21. The molecular weight excluding hydrogens is 232 g/mol. The van der Waals surface area contributed by atoms with Gasteiger partial charge in [0.1, 0.15) is 6.61 Å². The summed E-state index contributed by atoms with van der Waals surface area (Å²) in [6, 6.07) is 7.18. The zero-order valence-corrected chi connectivity index (χ0v) is 11.2. The largest absolute Gasteiger partial charge is 0.379 e. The summed E-state index contributed by atoms with van der Waals surface area (Å²) < 4.78 is 5.20. The molecule has 99 valence electrons. The van der Waals surface area contributed by atoms with Crippen LogP contribution in [0.3, 0.4) is 0 Å². The first kappa shape index (κ1) is 14.7. The van der Waals surface area contributed by atoms with E-state index in [0.717, 1.165) is 5.56 Å². The number of carbonyl (C=O) groups excluding carboxylic acids is 1. The lowest BCUT2D eigenvalue weighted by Crippen LogP contribution is -2.23. The van der Waals surface area contributed by atoms with Gasteiger partial charge < -0.3 is 4.74 Å². The highest BCUT2D eigenvalue weighted by atomic mass is 17.2. The second-order valence-electron chi connectivity index (χ2n) is 4.62. The molecule has 0 aliphatic heterocycles. The molecule has 0 fully saturated rings. The first-order valence-corrected chi connectivity index (χ1v) is 5.76. The third-order valence-corrected chi connectivity index (χ3v) is 2.68. The number of hydrogen-bond donors (Lipinski definition) is 0. The average Bonchev–Trinajstić information content (AvgIpc) is 2.35. The molecule has 0 unspecified atom stereocenters. The highest BCUT2D eigenvalue weighted by Crippen LogP contribution is 2.15. The van der Waals surface area contributed by atoms with Gasteiger partial charge in [0, 0.05) is 13.5 Å². The maximum atomic E-state index is 11.7. The fourth-order valence-electron chi connectivity index (χ4n) is 1.24. The third kappa shape index (κ3) is 4.47. The van der Waals surface area contributed by atoms with Crippen molar-refractivity contribution in [3.63, 3.8) is 0 Å². The molecule has 0 aliphatic rings. The van der Waals surface area contributed by atoms with Gasteiger partial charge in [-0.2, -0.15) is 4.89 Å². The van der Waals surface area contributed by atoms with E-state index in [0.29, 0.717) is 12.0 Å². The number of methoxy groups -OCH3 is 1. The SMILES string of the molecule is COC(C)(C)C[CH]OOC(=O)c1ccccc1C. The van der Waals surface area contributed by atoms with E-state index in [2.05, 4.69) is 0 Å².